The quantitative estimate of drug-likeness (QED) is 0.444. The molecule has 1 saturated heterocycles. The molecule has 0 aliphatic carbocycles. The number of carbonyl (C=O) groups is 3. The zero-order chi connectivity index (χ0) is 23.1. The first kappa shape index (κ1) is 23.9. The number of benzene rings is 2. The van der Waals surface area contributed by atoms with Crippen LogP contribution in [-0.4, -0.2) is 45.5 Å². The van der Waals surface area contributed by atoms with E-state index in [1.54, 1.807) is 36.4 Å². The number of amides is 1. The molecule has 2 aromatic rings. The number of carboxylic acid groups (broad SMARTS) is 1. The first-order valence-corrected chi connectivity index (χ1v) is 11.1. The van der Waals surface area contributed by atoms with Crippen LogP contribution in [0.25, 0.3) is 0 Å². The van der Waals surface area contributed by atoms with Crippen LogP contribution in [-0.2, 0) is 25.5 Å². The normalized spacial score (nSPS) is 18.6. The van der Waals surface area contributed by atoms with Crippen LogP contribution < -0.4 is 10.1 Å². The summed E-state index contributed by atoms with van der Waals surface area (Å²) in [5, 5.41) is 20.8. The summed E-state index contributed by atoms with van der Waals surface area (Å²) in [7, 11) is 0. The van der Waals surface area contributed by atoms with Crippen LogP contribution in [0.4, 0.5) is 0 Å². The zero-order valence-corrected chi connectivity index (χ0v) is 18.5. The summed E-state index contributed by atoms with van der Waals surface area (Å²) in [6.07, 6.45) is -0.866. The number of thioether (sulfide) groups is 1. The van der Waals surface area contributed by atoms with Crippen molar-refractivity contribution in [1.29, 1.82) is 0 Å². The van der Waals surface area contributed by atoms with Crippen LogP contribution in [0.2, 0.25) is 5.02 Å². The number of aliphatic carboxylic acids is 1. The Hall–Kier alpha value is -2.75. The van der Waals surface area contributed by atoms with Gasteiger partial charge in [-0.05, 0) is 41.8 Å². The number of carbonyl (C=O) groups excluding carboxylic acids is 2. The number of carboxylic acids is 1. The number of halogens is 1. The summed E-state index contributed by atoms with van der Waals surface area (Å²) in [4.78, 5) is 34.5. The monoisotopic (exact) mass is 479 g/mol. The fraction of sp³-hybridized carbons (Fsp3) is 0.318. The van der Waals surface area contributed by atoms with Crippen LogP contribution in [0.3, 0.4) is 0 Å². The maximum atomic E-state index is 12.1. The Balaban J connectivity index is 1.61. The Bertz CT molecular complexity index is 969. The molecule has 0 spiro atoms. The molecule has 3 unspecified atom stereocenters. The lowest BCUT2D eigenvalue weighted by atomic mass is 10.1. The lowest BCUT2D eigenvalue weighted by molar-refractivity contribution is -0.153. The molecular formula is C22H22ClNO7S. The minimum atomic E-state index is -1.08. The topological polar surface area (TPSA) is 122 Å². The van der Waals surface area contributed by atoms with Gasteiger partial charge >= 0.3 is 11.9 Å². The second-order valence-electron chi connectivity index (χ2n) is 7.07. The Labute approximate surface area is 193 Å². The highest BCUT2D eigenvalue weighted by Crippen LogP contribution is 2.27. The summed E-state index contributed by atoms with van der Waals surface area (Å²) in [5.74, 6) is -1.39. The fourth-order valence-corrected chi connectivity index (χ4v) is 4.22. The molecule has 32 heavy (non-hydrogen) atoms. The van der Waals surface area contributed by atoms with Gasteiger partial charge in [-0.1, -0.05) is 47.6 Å². The minimum Gasteiger partial charge on any atom is -0.489 e. The number of hydrogen-bond acceptors (Lipinski definition) is 7. The number of esters is 1. The summed E-state index contributed by atoms with van der Waals surface area (Å²) in [6.45, 7) is 0.00553. The van der Waals surface area contributed by atoms with Gasteiger partial charge in [-0.15, -0.1) is 0 Å². The molecule has 170 valence electrons. The SMILES string of the molecule is O=C(O)CCC(=O)OC(COc1ccc(CC2SC(O)NC2=O)cc1)c1cccc(Cl)c1. The van der Waals surface area contributed by atoms with Gasteiger partial charge in [0.2, 0.25) is 5.91 Å². The molecule has 1 aliphatic rings. The van der Waals surface area contributed by atoms with Gasteiger partial charge in [0.15, 0.2) is 11.7 Å². The molecule has 8 nitrogen and oxygen atoms in total. The van der Waals surface area contributed by atoms with Crippen LogP contribution in [0.15, 0.2) is 48.5 Å². The molecule has 2 aromatic carbocycles. The first-order valence-electron chi connectivity index (χ1n) is 9.82. The second kappa shape index (κ2) is 11.2. The van der Waals surface area contributed by atoms with E-state index in [-0.39, 0.29) is 30.6 Å². The van der Waals surface area contributed by atoms with E-state index in [2.05, 4.69) is 5.32 Å². The van der Waals surface area contributed by atoms with Gasteiger partial charge in [-0.3, -0.25) is 14.4 Å². The zero-order valence-electron chi connectivity index (χ0n) is 16.9. The molecular weight excluding hydrogens is 458 g/mol. The molecule has 0 radical (unpaired) electrons. The van der Waals surface area contributed by atoms with Crippen molar-refractivity contribution in [2.75, 3.05) is 6.61 Å². The van der Waals surface area contributed by atoms with Gasteiger partial charge in [0.1, 0.15) is 12.4 Å². The Morgan fingerprint density at radius 3 is 2.53 bits per heavy atom. The van der Waals surface area contributed by atoms with E-state index in [9.17, 15) is 19.5 Å². The van der Waals surface area contributed by atoms with Crippen molar-refractivity contribution < 1.29 is 34.1 Å². The highest BCUT2D eigenvalue weighted by atomic mass is 35.5. The average molecular weight is 480 g/mol. The molecule has 1 aliphatic heterocycles. The molecule has 1 heterocycles. The summed E-state index contributed by atoms with van der Waals surface area (Å²) >= 11 is 7.21. The van der Waals surface area contributed by atoms with E-state index >= 15 is 0 Å². The number of rotatable bonds is 10. The van der Waals surface area contributed by atoms with Crippen LogP contribution in [0.5, 0.6) is 5.75 Å². The van der Waals surface area contributed by atoms with Crippen LogP contribution in [0, 0.1) is 0 Å². The van der Waals surface area contributed by atoms with E-state index in [0.717, 1.165) is 17.3 Å². The third kappa shape index (κ3) is 7.15. The third-order valence-electron chi connectivity index (χ3n) is 4.63. The van der Waals surface area contributed by atoms with E-state index in [1.165, 1.54) is 0 Å². The molecule has 10 heteroatoms. The molecule has 3 rings (SSSR count). The number of aliphatic hydroxyl groups excluding tert-OH is 1. The molecule has 0 saturated carbocycles. The second-order valence-corrected chi connectivity index (χ2v) is 8.80. The highest BCUT2D eigenvalue weighted by molar-refractivity contribution is 8.01. The number of hydrogen-bond donors (Lipinski definition) is 3. The van der Waals surface area contributed by atoms with Crippen molar-refractivity contribution in [3.63, 3.8) is 0 Å². The van der Waals surface area contributed by atoms with E-state index in [0.29, 0.717) is 22.8 Å². The minimum absolute atomic E-state index is 0.00553. The molecule has 0 aromatic heterocycles. The van der Waals surface area contributed by atoms with E-state index < -0.39 is 23.6 Å². The van der Waals surface area contributed by atoms with Gasteiger partial charge in [0.25, 0.3) is 0 Å². The molecule has 0 bridgehead atoms. The average Bonchev–Trinajstić information content (AvgIpc) is 3.07. The Morgan fingerprint density at radius 1 is 1.16 bits per heavy atom. The van der Waals surface area contributed by atoms with Crippen molar-refractivity contribution in [2.24, 2.45) is 0 Å². The van der Waals surface area contributed by atoms with Crippen molar-refractivity contribution >= 4 is 41.2 Å². The molecule has 1 amide bonds. The van der Waals surface area contributed by atoms with Crippen LogP contribution >= 0.6 is 23.4 Å². The summed E-state index contributed by atoms with van der Waals surface area (Å²) in [5.41, 5.74) is 0.656. The maximum absolute atomic E-state index is 12.1. The number of nitrogens with one attached hydrogen (secondary N) is 1. The van der Waals surface area contributed by atoms with Gasteiger partial charge in [-0.25, -0.2) is 0 Å². The molecule has 1 fully saturated rings. The Kier molecular flexibility index (Phi) is 8.38. The third-order valence-corrected chi connectivity index (χ3v) is 5.95. The van der Waals surface area contributed by atoms with Gasteiger partial charge in [0.05, 0.1) is 18.1 Å². The maximum Gasteiger partial charge on any atom is 0.307 e. The van der Waals surface area contributed by atoms with Crippen molar-refractivity contribution in [3.8, 4) is 5.75 Å². The van der Waals surface area contributed by atoms with E-state index in [1.807, 2.05) is 12.1 Å². The predicted molar refractivity (Wildman–Crippen MR) is 118 cm³/mol. The summed E-state index contributed by atoms with van der Waals surface area (Å²) < 4.78 is 11.2. The van der Waals surface area contributed by atoms with Gasteiger partial charge < -0.3 is 25.0 Å². The van der Waals surface area contributed by atoms with Crippen molar-refractivity contribution in [1.82, 2.24) is 5.32 Å². The largest absolute Gasteiger partial charge is 0.489 e. The fourth-order valence-electron chi connectivity index (χ4n) is 3.05. The number of ether oxygens (including phenoxy) is 2. The van der Waals surface area contributed by atoms with Crippen molar-refractivity contribution in [2.45, 2.75) is 36.2 Å². The summed E-state index contributed by atoms with van der Waals surface area (Å²) in [6, 6.07) is 13.9. The lowest BCUT2D eigenvalue weighted by Gasteiger charge is -2.19. The van der Waals surface area contributed by atoms with Crippen molar-refractivity contribution in [3.05, 3.63) is 64.7 Å². The van der Waals surface area contributed by atoms with Gasteiger partial charge in [0, 0.05) is 5.02 Å². The Morgan fingerprint density at radius 2 is 1.91 bits per heavy atom. The van der Waals surface area contributed by atoms with E-state index in [4.69, 9.17) is 26.2 Å². The van der Waals surface area contributed by atoms with Gasteiger partial charge in [-0.2, -0.15) is 0 Å². The van der Waals surface area contributed by atoms with Crippen LogP contribution in [0.1, 0.15) is 30.1 Å². The molecule has 3 N–H and O–H groups in total. The highest BCUT2D eigenvalue weighted by Gasteiger charge is 2.31. The molecule has 3 atom stereocenters. The standard InChI is InChI=1S/C22H22ClNO7S/c23-15-3-1-2-14(11-15)17(31-20(27)9-8-19(25)26)12-30-16-6-4-13(5-7-16)10-18-21(28)24-22(29)32-18/h1-7,11,17-18,22,29H,8-10,12H2,(H,24,28)(H,25,26). The smallest absolute Gasteiger partial charge is 0.307 e. The first-order chi connectivity index (χ1) is 15.3. The number of aliphatic hydroxyl groups is 1. The predicted octanol–water partition coefficient (Wildman–Crippen LogP) is 2.92. The lowest BCUT2D eigenvalue weighted by Crippen LogP contribution is -2.27.